The number of hydrogen-bond donors (Lipinski definition) is 2. The lowest BCUT2D eigenvalue weighted by molar-refractivity contribution is -0.159. The summed E-state index contributed by atoms with van der Waals surface area (Å²) in [5, 5.41) is 13.0. The van der Waals surface area contributed by atoms with Crippen molar-refractivity contribution in [3.8, 4) is 11.3 Å². The van der Waals surface area contributed by atoms with Crippen molar-refractivity contribution in [3.05, 3.63) is 66.1 Å². The van der Waals surface area contributed by atoms with Gasteiger partial charge in [0.25, 0.3) is 5.91 Å². The van der Waals surface area contributed by atoms with E-state index in [1.54, 1.807) is 56.0 Å². The van der Waals surface area contributed by atoms with E-state index in [9.17, 15) is 33.5 Å². The number of pyridine rings is 1. The van der Waals surface area contributed by atoms with Crippen molar-refractivity contribution in [3.63, 3.8) is 0 Å². The lowest BCUT2D eigenvalue weighted by Gasteiger charge is -2.32. The minimum absolute atomic E-state index is 0.130. The summed E-state index contributed by atoms with van der Waals surface area (Å²) in [6.07, 6.45) is 7.51. The van der Waals surface area contributed by atoms with Crippen molar-refractivity contribution >= 4 is 29.7 Å². The highest BCUT2D eigenvalue weighted by molar-refractivity contribution is 5.97. The number of nitrogens with one attached hydrogen (secondary N) is 1. The maximum Gasteiger partial charge on any atom is 0.330 e. The van der Waals surface area contributed by atoms with E-state index in [4.69, 9.17) is 4.74 Å². The van der Waals surface area contributed by atoms with Gasteiger partial charge in [-0.15, -0.1) is 0 Å². The molecule has 2 saturated heterocycles. The summed E-state index contributed by atoms with van der Waals surface area (Å²) >= 11 is 0. The highest BCUT2D eigenvalue weighted by Gasteiger charge is 2.62. The van der Waals surface area contributed by atoms with Crippen LogP contribution in [0.3, 0.4) is 0 Å². The Balaban J connectivity index is 1.27. The number of ether oxygens (including phenoxy) is 1. The molecule has 1 aromatic heterocycles. The van der Waals surface area contributed by atoms with E-state index in [1.807, 2.05) is 12.2 Å². The minimum atomic E-state index is -1.47. The Hall–Kier alpha value is -4.61. The van der Waals surface area contributed by atoms with Gasteiger partial charge in [-0.1, -0.05) is 43.2 Å². The number of likely N-dealkylation sites (tertiary alicyclic amines) is 1. The molecule has 0 radical (unpaired) electrons. The maximum atomic E-state index is 14.4. The van der Waals surface area contributed by atoms with Crippen LogP contribution in [0.4, 0.5) is 4.39 Å². The molecule has 266 valence electrons. The number of halogens is 1. The SMILES string of the molecule is CC(C)(C)OC(=O)C[C@@H]1CCCCC/C=C\[C@@H]2C[C@@]2(C(=O)O)NC(=O)[C@@H]2[C@H]3CN(C(=O)c4cccc(-c5cccc(F)c5)n4)C[C@H]3CN2C1=O. The molecule has 1 aromatic carbocycles. The number of allylic oxidation sites excluding steroid dienone is 1. The fraction of sp³-hybridized carbons (Fsp3) is 0.526. The van der Waals surface area contributed by atoms with Gasteiger partial charge in [0.1, 0.15) is 28.7 Å². The summed E-state index contributed by atoms with van der Waals surface area (Å²) in [6.45, 7) is 5.89. The molecule has 3 aliphatic heterocycles. The third kappa shape index (κ3) is 7.44. The fourth-order valence-corrected chi connectivity index (χ4v) is 7.78. The minimum Gasteiger partial charge on any atom is -0.479 e. The zero-order valence-corrected chi connectivity index (χ0v) is 28.8. The molecule has 3 fully saturated rings. The Bertz CT molecular complexity index is 1710. The van der Waals surface area contributed by atoms with E-state index < -0.39 is 52.7 Å². The second kappa shape index (κ2) is 14.0. The molecular formula is C38H45FN4O7. The van der Waals surface area contributed by atoms with E-state index in [-0.39, 0.29) is 61.8 Å². The van der Waals surface area contributed by atoms with Crippen molar-refractivity contribution < 1.29 is 38.2 Å². The topological polar surface area (TPSA) is 146 Å². The Kier molecular flexibility index (Phi) is 9.83. The van der Waals surface area contributed by atoms with Crippen molar-refractivity contribution in [1.82, 2.24) is 20.1 Å². The summed E-state index contributed by atoms with van der Waals surface area (Å²) in [6, 6.07) is 9.88. The van der Waals surface area contributed by atoms with Gasteiger partial charge < -0.3 is 25.0 Å². The second-order valence-electron chi connectivity index (χ2n) is 15.1. The van der Waals surface area contributed by atoms with Gasteiger partial charge >= 0.3 is 11.9 Å². The number of amides is 3. The van der Waals surface area contributed by atoms with Crippen LogP contribution in [-0.2, 0) is 23.9 Å². The van der Waals surface area contributed by atoms with Crippen molar-refractivity contribution in [2.24, 2.45) is 23.7 Å². The van der Waals surface area contributed by atoms with Gasteiger partial charge in [-0.25, -0.2) is 14.2 Å². The second-order valence-corrected chi connectivity index (χ2v) is 15.1. The third-order valence-corrected chi connectivity index (χ3v) is 10.3. The molecule has 11 nitrogen and oxygen atoms in total. The van der Waals surface area contributed by atoms with Crippen molar-refractivity contribution in [2.75, 3.05) is 19.6 Å². The molecule has 2 N–H and O–H groups in total. The van der Waals surface area contributed by atoms with Gasteiger partial charge in [0.2, 0.25) is 11.8 Å². The van der Waals surface area contributed by atoms with Crippen LogP contribution in [0.2, 0.25) is 0 Å². The number of carbonyl (C=O) groups is 5. The van der Waals surface area contributed by atoms with Crippen LogP contribution >= 0.6 is 0 Å². The molecule has 1 saturated carbocycles. The largest absolute Gasteiger partial charge is 0.479 e. The van der Waals surface area contributed by atoms with Crippen LogP contribution in [0.15, 0.2) is 54.6 Å². The number of fused-ring (bicyclic) bond motifs is 4. The van der Waals surface area contributed by atoms with Crippen LogP contribution in [0.5, 0.6) is 0 Å². The summed E-state index contributed by atoms with van der Waals surface area (Å²) in [7, 11) is 0. The highest BCUT2D eigenvalue weighted by Crippen LogP contribution is 2.46. The number of esters is 1. The molecule has 0 unspecified atom stereocenters. The first kappa shape index (κ1) is 35.2. The number of carbonyl (C=O) groups excluding carboxylic acids is 4. The predicted octanol–water partition coefficient (Wildman–Crippen LogP) is 4.61. The number of aliphatic carboxylic acids is 1. The average Bonchev–Trinajstić information content (AvgIpc) is 3.41. The Morgan fingerprint density at radius 3 is 2.58 bits per heavy atom. The Labute approximate surface area is 291 Å². The first-order valence-electron chi connectivity index (χ1n) is 17.5. The zero-order chi connectivity index (χ0) is 35.8. The van der Waals surface area contributed by atoms with Gasteiger partial charge in [0, 0.05) is 48.9 Å². The first-order chi connectivity index (χ1) is 23.8. The third-order valence-electron chi connectivity index (χ3n) is 10.3. The van der Waals surface area contributed by atoms with Crippen LogP contribution in [0.1, 0.15) is 76.2 Å². The zero-order valence-electron chi connectivity index (χ0n) is 28.8. The molecule has 12 heteroatoms. The summed E-state index contributed by atoms with van der Waals surface area (Å²) in [5.41, 5.74) is -1.06. The molecule has 6 atom stereocenters. The van der Waals surface area contributed by atoms with Crippen LogP contribution in [-0.4, -0.2) is 86.4 Å². The monoisotopic (exact) mass is 688 g/mol. The lowest BCUT2D eigenvalue weighted by Crippen LogP contribution is -2.56. The molecule has 2 aromatic rings. The van der Waals surface area contributed by atoms with Crippen LogP contribution in [0.25, 0.3) is 11.3 Å². The van der Waals surface area contributed by atoms with E-state index in [0.29, 0.717) is 24.1 Å². The number of rotatable bonds is 5. The quantitative estimate of drug-likeness (QED) is 0.342. The smallest absolute Gasteiger partial charge is 0.330 e. The van der Waals surface area contributed by atoms with E-state index >= 15 is 0 Å². The number of carboxylic acid groups (broad SMARTS) is 1. The number of nitrogens with zero attached hydrogens (tertiary/aromatic N) is 3. The molecule has 4 heterocycles. The molecule has 6 rings (SSSR count). The van der Waals surface area contributed by atoms with Gasteiger partial charge in [0.05, 0.1) is 12.1 Å². The molecular weight excluding hydrogens is 643 g/mol. The Morgan fingerprint density at radius 1 is 1.06 bits per heavy atom. The summed E-state index contributed by atoms with van der Waals surface area (Å²) in [5.74, 6) is -5.12. The number of hydrogen-bond acceptors (Lipinski definition) is 7. The predicted molar refractivity (Wildman–Crippen MR) is 181 cm³/mol. The average molecular weight is 689 g/mol. The standard InChI is InChI=1S/C38H45FN4O7/c1-37(2,3)50-31(44)18-24-11-7-5-4-6-8-13-26-19-38(26,36(48)49)41-33(45)32-28-22-42(20-25(28)21-43(32)34(24)46)35(47)30-16-10-15-29(40-30)23-12-9-14-27(39)17-23/h8-10,12-17,24-26,28,32H,4-7,11,18-22H2,1-3H3,(H,41,45)(H,48,49)/b13-8-/t24-,25-,26+,28-,32-,38+/m0/s1. The van der Waals surface area contributed by atoms with E-state index in [2.05, 4.69) is 10.3 Å². The number of carboxylic acids is 1. The lowest BCUT2D eigenvalue weighted by atomic mass is 9.92. The maximum absolute atomic E-state index is 14.4. The molecule has 4 aliphatic rings. The summed E-state index contributed by atoms with van der Waals surface area (Å²) < 4.78 is 19.5. The number of benzene rings is 1. The summed E-state index contributed by atoms with van der Waals surface area (Å²) in [4.78, 5) is 75.6. The van der Waals surface area contributed by atoms with E-state index in [1.165, 1.54) is 17.0 Å². The molecule has 0 spiro atoms. The van der Waals surface area contributed by atoms with Crippen LogP contribution in [0, 0.1) is 29.5 Å². The normalized spacial score (nSPS) is 29.1. The Morgan fingerprint density at radius 2 is 1.84 bits per heavy atom. The van der Waals surface area contributed by atoms with Crippen LogP contribution < -0.4 is 5.32 Å². The molecule has 3 amide bonds. The van der Waals surface area contributed by atoms with Gasteiger partial charge in [0.15, 0.2) is 0 Å². The van der Waals surface area contributed by atoms with Gasteiger partial charge in [-0.2, -0.15) is 0 Å². The van der Waals surface area contributed by atoms with E-state index in [0.717, 1.165) is 19.3 Å². The number of aromatic nitrogens is 1. The van der Waals surface area contributed by atoms with Crippen molar-refractivity contribution in [2.45, 2.75) is 82.9 Å². The molecule has 1 aliphatic carbocycles. The first-order valence-corrected chi connectivity index (χ1v) is 17.5. The van der Waals surface area contributed by atoms with Crippen molar-refractivity contribution in [1.29, 1.82) is 0 Å². The van der Waals surface area contributed by atoms with Gasteiger partial charge in [-0.3, -0.25) is 19.2 Å². The molecule has 0 bridgehead atoms. The fourth-order valence-electron chi connectivity index (χ4n) is 7.78. The highest BCUT2D eigenvalue weighted by atomic mass is 19.1. The molecule has 50 heavy (non-hydrogen) atoms. The van der Waals surface area contributed by atoms with Gasteiger partial charge in [-0.05, 0) is 70.7 Å².